The van der Waals surface area contributed by atoms with Gasteiger partial charge in [-0.05, 0) is 49.8 Å². The molecule has 0 radical (unpaired) electrons. The van der Waals surface area contributed by atoms with E-state index >= 15 is 0 Å². The summed E-state index contributed by atoms with van der Waals surface area (Å²) in [7, 11) is -2.08. The van der Waals surface area contributed by atoms with Crippen molar-refractivity contribution >= 4 is 29.6 Å². The van der Waals surface area contributed by atoms with Gasteiger partial charge in [-0.3, -0.25) is 0 Å². The summed E-state index contributed by atoms with van der Waals surface area (Å²) in [5.41, 5.74) is 8.32. The van der Waals surface area contributed by atoms with E-state index < -0.39 is 8.07 Å². The Morgan fingerprint density at radius 2 is 0.765 bits per heavy atom. The third-order valence-corrected chi connectivity index (χ3v) is 12.8. The number of allylic oxidation sites excluding steroid dienone is 2. The molecule has 0 bridgehead atoms. The van der Waals surface area contributed by atoms with Gasteiger partial charge in [0.2, 0.25) is 0 Å². The van der Waals surface area contributed by atoms with E-state index in [1.54, 1.807) is 10.4 Å². The summed E-state index contributed by atoms with van der Waals surface area (Å²) in [5.74, 6) is 0. The number of hydrogen-bond acceptors (Lipinski definition) is 0. The van der Waals surface area contributed by atoms with E-state index in [1.165, 1.54) is 51.9 Å². The summed E-state index contributed by atoms with van der Waals surface area (Å²) < 4.78 is 0. The van der Waals surface area contributed by atoms with Crippen molar-refractivity contribution in [1.82, 2.24) is 0 Å². The van der Waals surface area contributed by atoms with Crippen molar-refractivity contribution in [2.24, 2.45) is 0 Å². The minimum Gasteiger partial charge on any atom is -0.0672 e. The standard InChI is InChI=1S/C33H32Si/c1-3-25-34(4-2)32(28-21-13-7-14-22-28)30(26-17-9-5-10-18-26)31(27-19-11-6-12-20-27)33(34)29-23-15-8-16-24-29/h5-24H,3-4,25H2,1-2H3. The maximum absolute atomic E-state index is 2.43. The fraction of sp³-hybridized carbons (Fsp3) is 0.152. The molecule has 0 nitrogen and oxygen atoms in total. The number of rotatable bonds is 7. The second-order valence-corrected chi connectivity index (χ2v) is 13.5. The molecule has 1 heterocycles. The van der Waals surface area contributed by atoms with E-state index in [9.17, 15) is 0 Å². The van der Waals surface area contributed by atoms with Gasteiger partial charge in [0.15, 0.2) is 0 Å². The lowest BCUT2D eigenvalue weighted by molar-refractivity contribution is 1.05. The topological polar surface area (TPSA) is 0 Å². The first-order chi connectivity index (χ1) is 16.8. The highest BCUT2D eigenvalue weighted by Gasteiger charge is 2.48. The van der Waals surface area contributed by atoms with Crippen molar-refractivity contribution < 1.29 is 0 Å². The molecular weight excluding hydrogens is 424 g/mol. The molecule has 1 heteroatoms. The van der Waals surface area contributed by atoms with Gasteiger partial charge in [-0.2, -0.15) is 0 Å². The summed E-state index contributed by atoms with van der Waals surface area (Å²) in [5, 5.41) is 3.22. The molecule has 1 aliphatic heterocycles. The highest BCUT2D eigenvalue weighted by molar-refractivity contribution is 7.14. The van der Waals surface area contributed by atoms with Crippen molar-refractivity contribution in [2.75, 3.05) is 0 Å². The van der Waals surface area contributed by atoms with Gasteiger partial charge in [0.1, 0.15) is 8.07 Å². The maximum atomic E-state index is 2.43. The zero-order chi connectivity index (χ0) is 23.4. The van der Waals surface area contributed by atoms with Crippen molar-refractivity contribution in [3.63, 3.8) is 0 Å². The van der Waals surface area contributed by atoms with Crippen LogP contribution in [0.5, 0.6) is 0 Å². The predicted molar refractivity (Wildman–Crippen MR) is 151 cm³/mol. The summed E-state index contributed by atoms with van der Waals surface area (Å²) >= 11 is 0. The average Bonchev–Trinajstić information content (AvgIpc) is 3.22. The highest BCUT2D eigenvalue weighted by Crippen LogP contribution is 2.58. The van der Waals surface area contributed by atoms with Gasteiger partial charge in [-0.1, -0.05) is 148 Å². The molecule has 0 atom stereocenters. The molecule has 0 spiro atoms. The summed E-state index contributed by atoms with van der Waals surface area (Å²) in [6, 6.07) is 47.1. The Balaban J connectivity index is 1.97. The second kappa shape index (κ2) is 9.83. The third kappa shape index (κ3) is 3.80. The molecule has 168 valence electrons. The summed E-state index contributed by atoms with van der Waals surface area (Å²) in [6.45, 7) is 4.79. The van der Waals surface area contributed by atoms with Crippen LogP contribution in [-0.2, 0) is 0 Å². The summed E-state index contributed by atoms with van der Waals surface area (Å²) in [4.78, 5) is 0. The zero-order valence-corrected chi connectivity index (χ0v) is 21.2. The quantitative estimate of drug-likeness (QED) is 0.243. The Morgan fingerprint density at radius 3 is 1.06 bits per heavy atom. The van der Waals surface area contributed by atoms with Gasteiger partial charge < -0.3 is 0 Å². The van der Waals surface area contributed by atoms with Crippen LogP contribution < -0.4 is 0 Å². The number of hydrogen-bond donors (Lipinski definition) is 0. The first-order valence-corrected chi connectivity index (χ1v) is 14.9. The van der Waals surface area contributed by atoms with Crippen LogP contribution in [0.25, 0.3) is 21.5 Å². The van der Waals surface area contributed by atoms with Crippen molar-refractivity contribution in [3.8, 4) is 0 Å². The molecule has 4 aromatic rings. The monoisotopic (exact) mass is 456 g/mol. The van der Waals surface area contributed by atoms with Gasteiger partial charge in [-0.15, -0.1) is 0 Å². The lowest BCUT2D eigenvalue weighted by Gasteiger charge is -2.34. The molecule has 1 aliphatic rings. The van der Waals surface area contributed by atoms with Crippen molar-refractivity contribution in [3.05, 3.63) is 144 Å². The molecule has 34 heavy (non-hydrogen) atoms. The van der Waals surface area contributed by atoms with Crippen molar-refractivity contribution in [1.29, 1.82) is 0 Å². The minimum atomic E-state index is -2.08. The predicted octanol–water partition coefficient (Wildman–Crippen LogP) is 9.18. The molecule has 0 unspecified atom stereocenters. The van der Waals surface area contributed by atoms with Gasteiger partial charge in [0.25, 0.3) is 0 Å². The van der Waals surface area contributed by atoms with Crippen LogP contribution in [0.1, 0.15) is 42.5 Å². The first-order valence-electron chi connectivity index (χ1n) is 12.5. The molecule has 5 rings (SSSR count). The fourth-order valence-electron chi connectivity index (χ4n) is 5.90. The Hall–Kier alpha value is -3.42. The lowest BCUT2D eigenvalue weighted by Crippen LogP contribution is -2.36. The SMILES string of the molecule is CCC[Si]1(CC)C(c2ccccc2)=C(c2ccccc2)C(c2ccccc2)=C1c1ccccc1. The normalized spacial score (nSPS) is 15.1. The number of benzene rings is 4. The van der Waals surface area contributed by atoms with Crippen LogP contribution >= 0.6 is 0 Å². The van der Waals surface area contributed by atoms with Crippen LogP contribution in [-0.4, -0.2) is 8.07 Å². The van der Waals surface area contributed by atoms with Crippen LogP contribution in [0.4, 0.5) is 0 Å². The van der Waals surface area contributed by atoms with E-state index in [1.807, 2.05) is 0 Å². The Bertz CT molecular complexity index is 1200. The molecule has 0 aliphatic carbocycles. The highest BCUT2D eigenvalue weighted by atomic mass is 28.3. The lowest BCUT2D eigenvalue weighted by atomic mass is 9.89. The van der Waals surface area contributed by atoms with Gasteiger partial charge in [-0.25, -0.2) is 0 Å². The minimum absolute atomic E-state index is 1.19. The van der Waals surface area contributed by atoms with Gasteiger partial charge >= 0.3 is 0 Å². The molecular formula is C33H32Si. The molecule has 4 aromatic carbocycles. The van der Waals surface area contributed by atoms with E-state index in [-0.39, 0.29) is 0 Å². The second-order valence-electron chi connectivity index (χ2n) is 9.15. The Morgan fingerprint density at radius 1 is 0.441 bits per heavy atom. The average molecular weight is 457 g/mol. The fourth-order valence-corrected chi connectivity index (χ4v) is 11.5. The van der Waals surface area contributed by atoms with Crippen LogP contribution in [0, 0.1) is 0 Å². The molecule has 0 amide bonds. The zero-order valence-electron chi connectivity index (χ0n) is 20.2. The van der Waals surface area contributed by atoms with Crippen LogP contribution in [0.3, 0.4) is 0 Å². The smallest absolute Gasteiger partial charge is 0.0672 e. The summed E-state index contributed by atoms with van der Waals surface area (Å²) in [6.07, 6.45) is 1.19. The van der Waals surface area contributed by atoms with E-state index in [4.69, 9.17) is 0 Å². The largest absolute Gasteiger partial charge is 0.121 e. The van der Waals surface area contributed by atoms with E-state index in [2.05, 4.69) is 135 Å². The van der Waals surface area contributed by atoms with E-state index in [0.717, 1.165) is 0 Å². The van der Waals surface area contributed by atoms with E-state index in [0.29, 0.717) is 0 Å². The molecule has 0 saturated carbocycles. The molecule has 0 aromatic heterocycles. The Kier molecular flexibility index (Phi) is 6.47. The van der Waals surface area contributed by atoms with Gasteiger partial charge in [0, 0.05) is 0 Å². The maximum Gasteiger partial charge on any atom is 0.121 e. The van der Waals surface area contributed by atoms with Gasteiger partial charge in [0.05, 0.1) is 0 Å². The third-order valence-electron chi connectivity index (χ3n) is 7.24. The van der Waals surface area contributed by atoms with Crippen LogP contribution in [0.2, 0.25) is 12.1 Å². The molecule has 0 saturated heterocycles. The first kappa shape index (κ1) is 22.4. The Labute approximate surface area is 205 Å². The molecule has 0 fully saturated rings. The molecule has 0 N–H and O–H groups in total. The van der Waals surface area contributed by atoms with Crippen LogP contribution in [0.15, 0.2) is 121 Å². The van der Waals surface area contributed by atoms with Crippen molar-refractivity contribution in [2.45, 2.75) is 32.4 Å².